The first kappa shape index (κ1) is 14.2. The quantitative estimate of drug-likeness (QED) is 0.633. The largest absolute Gasteiger partial charge is 0.379 e. The van der Waals surface area contributed by atoms with Crippen LogP contribution in [0, 0.1) is 0 Å². The second kappa shape index (κ2) is 9.15. The summed E-state index contributed by atoms with van der Waals surface area (Å²) >= 11 is 0. The molecule has 1 rings (SSSR count). The fourth-order valence-electron chi connectivity index (χ4n) is 1.33. The first-order valence-electron chi connectivity index (χ1n) is 6.11. The van der Waals surface area contributed by atoms with E-state index in [0.29, 0.717) is 26.4 Å². The van der Waals surface area contributed by atoms with E-state index in [1.807, 2.05) is 13.1 Å². The Morgan fingerprint density at radius 3 is 2.88 bits per heavy atom. The van der Waals surface area contributed by atoms with E-state index in [0.717, 1.165) is 30.9 Å². The fourth-order valence-corrected chi connectivity index (χ4v) is 1.33. The van der Waals surface area contributed by atoms with E-state index in [9.17, 15) is 0 Å². The molecule has 0 aliphatic carbocycles. The second-order valence-electron chi connectivity index (χ2n) is 3.83. The van der Waals surface area contributed by atoms with Gasteiger partial charge in [0.05, 0.1) is 18.9 Å². The topological polar surface area (TPSA) is 56.5 Å². The normalized spacial score (nSPS) is 10.9. The molecule has 0 radical (unpaired) electrons. The van der Waals surface area contributed by atoms with Crippen molar-refractivity contribution in [3.63, 3.8) is 0 Å². The number of nitrogens with zero attached hydrogens (tertiary/aromatic N) is 1. The summed E-state index contributed by atoms with van der Waals surface area (Å²) in [6.45, 7) is 5.35. The van der Waals surface area contributed by atoms with E-state index in [1.54, 1.807) is 0 Å². The predicted octanol–water partition coefficient (Wildman–Crippen LogP) is 1.73. The highest BCUT2D eigenvalue weighted by Crippen LogP contribution is 2.04. The number of rotatable bonds is 10. The molecule has 0 aliphatic rings. The van der Waals surface area contributed by atoms with Crippen LogP contribution >= 0.6 is 0 Å². The van der Waals surface area contributed by atoms with Crippen LogP contribution in [0.1, 0.15) is 31.2 Å². The number of hydrogen-bond acceptors (Lipinski definition) is 5. The summed E-state index contributed by atoms with van der Waals surface area (Å²) in [7, 11) is 1.87. The van der Waals surface area contributed by atoms with Crippen molar-refractivity contribution in [2.75, 3.05) is 26.9 Å². The summed E-state index contributed by atoms with van der Waals surface area (Å²) in [4.78, 5) is 0. The van der Waals surface area contributed by atoms with E-state index < -0.39 is 0 Å². The first-order chi connectivity index (χ1) is 8.36. The molecule has 0 fully saturated rings. The number of nitrogens with one attached hydrogen (secondary N) is 1. The summed E-state index contributed by atoms with van der Waals surface area (Å²) in [5, 5.41) is 6.91. The van der Waals surface area contributed by atoms with Crippen molar-refractivity contribution in [1.82, 2.24) is 10.5 Å². The Balaban J connectivity index is 2.01. The maximum atomic E-state index is 5.41. The van der Waals surface area contributed by atoms with Gasteiger partial charge in [-0.15, -0.1) is 0 Å². The zero-order chi connectivity index (χ0) is 12.3. The fraction of sp³-hybridized carbons (Fsp3) is 0.750. The summed E-state index contributed by atoms with van der Waals surface area (Å²) in [5.74, 6) is 0.754. The van der Waals surface area contributed by atoms with Gasteiger partial charge < -0.3 is 19.3 Å². The molecular weight excluding hydrogens is 220 g/mol. The van der Waals surface area contributed by atoms with E-state index in [1.165, 1.54) is 0 Å². The van der Waals surface area contributed by atoms with Gasteiger partial charge in [-0.3, -0.25) is 0 Å². The number of hydrogen-bond donors (Lipinski definition) is 1. The molecule has 5 nitrogen and oxygen atoms in total. The number of ether oxygens (including phenoxy) is 2. The maximum Gasteiger partial charge on any atom is 0.162 e. The van der Waals surface area contributed by atoms with Gasteiger partial charge in [-0.1, -0.05) is 18.5 Å². The van der Waals surface area contributed by atoms with Crippen LogP contribution in [-0.4, -0.2) is 32.0 Å². The molecule has 5 heteroatoms. The molecule has 98 valence electrons. The third kappa shape index (κ3) is 6.41. The third-order valence-electron chi connectivity index (χ3n) is 2.22. The summed E-state index contributed by atoms with van der Waals surface area (Å²) < 4.78 is 15.9. The highest BCUT2D eigenvalue weighted by atomic mass is 16.5. The van der Waals surface area contributed by atoms with Gasteiger partial charge in [-0.05, 0) is 13.5 Å². The standard InChI is InChI=1S/C12H22N2O3/c1-3-4-5-15-6-7-16-10-12-8-11(9-13-2)14-17-12/h8,13H,3-7,9-10H2,1-2H3. The smallest absolute Gasteiger partial charge is 0.162 e. The Morgan fingerprint density at radius 1 is 1.29 bits per heavy atom. The molecular formula is C12H22N2O3. The van der Waals surface area contributed by atoms with Gasteiger partial charge in [0, 0.05) is 19.2 Å². The van der Waals surface area contributed by atoms with Gasteiger partial charge >= 0.3 is 0 Å². The molecule has 0 amide bonds. The zero-order valence-electron chi connectivity index (χ0n) is 10.7. The molecule has 0 saturated carbocycles. The lowest BCUT2D eigenvalue weighted by molar-refractivity contribution is 0.0323. The minimum atomic E-state index is 0.452. The maximum absolute atomic E-state index is 5.41. The Hall–Kier alpha value is -0.910. The number of aromatic nitrogens is 1. The zero-order valence-corrected chi connectivity index (χ0v) is 10.7. The lowest BCUT2D eigenvalue weighted by Crippen LogP contribution is -2.05. The molecule has 0 atom stereocenters. The van der Waals surface area contributed by atoms with E-state index in [4.69, 9.17) is 14.0 Å². The minimum absolute atomic E-state index is 0.452. The molecule has 0 saturated heterocycles. The lowest BCUT2D eigenvalue weighted by atomic mass is 10.4. The minimum Gasteiger partial charge on any atom is -0.379 e. The molecule has 1 aromatic rings. The van der Waals surface area contributed by atoms with Crippen LogP contribution in [0.3, 0.4) is 0 Å². The van der Waals surface area contributed by atoms with Crippen LogP contribution in [0.4, 0.5) is 0 Å². The Kier molecular flexibility index (Phi) is 7.62. The van der Waals surface area contributed by atoms with Crippen molar-refractivity contribution in [1.29, 1.82) is 0 Å². The SMILES string of the molecule is CCCCOCCOCc1cc(CNC)no1. The molecule has 1 heterocycles. The summed E-state index contributed by atoms with van der Waals surface area (Å²) in [5.41, 5.74) is 0.894. The van der Waals surface area contributed by atoms with Crippen molar-refractivity contribution in [3.8, 4) is 0 Å². The number of unbranched alkanes of at least 4 members (excludes halogenated alkanes) is 1. The van der Waals surface area contributed by atoms with Crippen molar-refractivity contribution in [2.24, 2.45) is 0 Å². The van der Waals surface area contributed by atoms with Gasteiger partial charge in [-0.2, -0.15) is 0 Å². The van der Waals surface area contributed by atoms with Gasteiger partial charge in [0.15, 0.2) is 5.76 Å². The van der Waals surface area contributed by atoms with E-state index in [-0.39, 0.29) is 0 Å². The summed E-state index contributed by atoms with van der Waals surface area (Å²) in [6.07, 6.45) is 2.27. The molecule has 17 heavy (non-hydrogen) atoms. The lowest BCUT2D eigenvalue weighted by Gasteiger charge is -2.03. The van der Waals surface area contributed by atoms with Crippen LogP contribution in [0.15, 0.2) is 10.6 Å². The predicted molar refractivity (Wildman–Crippen MR) is 64.6 cm³/mol. The van der Waals surface area contributed by atoms with Crippen LogP contribution in [-0.2, 0) is 22.6 Å². The van der Waals surface area contributed by atoms with Crippen LogP contribution in [0.2, 0.25) is 0 Å². The molecule has 0 aromatic carbocycles. The second-order valence-corrected chi connectivity index (χ2v) is 3.83. The molecule has 1 N–H and O–H groups in total. The van der Waals surface area contributed by atoms with Crippen molar-refractivity contribution >= 4 is 0 Å². The average molecular weight is 242 g/mol. The van der Waals surface area contributed by atoms with Crippen LogP contribution < -0.4 is 5.32 Å². The highest BCUT2D eigenvalue weighted by Gasteiger charge is 2.02. The molecule has 0 unspecified atom stereocenters. The van der Waals surface area contributed by atoms with Crippen molar-refractivity contribution < 1.29 is 14.0 Å². The van der Waals surface area contributed by atoms with Crippen molar-refractivity contribution in [3.05, 3.63) is 17.5 Å². The van der Waals surface area contributed by atoms with Gasteiger partial charge in [0.1, 0.15) is 6.61 Å². The molecule has 0 spiro atoms. The van der Waals surface area contributed by atoms with Crippen LogP contribution in [0.25, 0.3) is 0 Å². The average Bonchev–Trinajstić information content (AvgIpc) is 2.76. The Labute approximate surface area is 102 Å². The molecule has 0 aliphatic heterocycles. The van der Waals surface area contributed by atoms with E-state index >= 15 is 0 Å². The van der Waals surface area contributed by atoms with Gasteiger partial charge in [-0.25, -0.2) is 0 Å². The van der Waals surface area contributed by atoms with Gasteiger partial charge in [0.25, 0.3) is 0 Å². The van der Waals surface area contributed by atoms with Gasteiger partial charge in [0.2, 0.25) is 0 Å². The first-order valence-corrected chi connectivity index (χ1v) is 6.11. The van der Waals surface area contributed by atoms with Crippen molar-refractivity contribution in [2.45, 2.75) is 32.9 Å². The third-order valence-corrected chi connectivity index (χ3v) is 2.22. The molecule has 1 aromatic heterocycles. The Bertz CT molecular complexity index is 289. The van der Waals surface area contributed by atoms with Crippen LogP contribution in [0.5, 0.6) is 0 Å². The monoisotopic (exact) mass is 242 g/mol. The molecule has 0 bridgehead atoms. The highest BCUT2D eigenvalue weighted by molar-refractivity contribution is 5.03. The van der Waals surface area contributed by atoms with E-state index in [2.05, 4.69) is 17.4 Å². The summed E-state index contributed by atoms with van der Waals surface area (Å²) in [6, 6.07) is 1.90. The Morgan fingerprint density at radius 2 is 2.12 bits per heavy atom.